The van der Waals surface area contributed by atoms with Crippen LogP contribution in [0.2, 0.25) is 0 Å². The number of carbonyl (C=O) groups is 2. The van der Waals surface area contributed by atoms with E-state index in [1.54, 1.807) is 0 Å². The fourth-order valence-corrected chi connectivity index (χ4v) is 3.74. The standard InChI is InChI=1S/C16H28N2O3/c1-11-6-2-3-7-12(11)10-17-16(21)18-14-9-5-4-8-13(14)15(19)20/h11-14H,2-10H2,1H3,(H,19,20)(H2,17,18,21). The highest BCUT2D eigenvalue weighted by molar-refractivity contribution is 5.76. The summed E-state index contributed by atoms with van der Waals surface area (Å²) in [6, 6.07) is -0.425. The average Bonchev–Trinajstić information content (AvgIpc) is 2.47. The van der Waals surface area contributed by atoms with Crippen LogP contribution >= 0.6 is 0 Å². The van der Waals surface area contributed by atoms with Crippen LogP contribution in [0.4, 0.5) is 4.79 Å². The minimum Gasteiger partial charge on any atom is -0.481 e. The van der Waals surface area contributed by atoms with Crippen LogP contribution in [-0.4, -0.2) is 29.7 Å². The zero-order valence-corrected chi connectivity index (χ0v) is 12.9. The molecule has 0 aromatic rings. The molecule has 5 nitrogen and oxygen atoms in total. The largest absolute Gasteiger partial charge is 0.481 e. The summed E-state index contributed by atoms with van der Waals surface area (Å²) in [5, 5.41) is 15.0. The van der Waals surface area contributed by atoms with Crippen molar-refractivity contribution in [2.45, 2.75) is 64.3 Å². The smallest absolute Gasteiger partial charge is 0.315 e. The molecule has 2 aliphatic rings. The highest BCUT2D eigenvalue weighted by Gasteiger charge is 2.32. The number of rotatable bonds is 4. The summed E-state index contributed by atoms with van der Waals surface area (Å²) in [4.78, 5) is 23.2. The van der Waals surface area contributed by atoms with Gasteiger partial charge in [0.2, 0.25) is 0 Å². The first-order valence-electron chi connectivity index (χ1n) is 8.35. The maximum absolute atomic E-state index is 12.0. The van der Waals surface area contributed by atoms with E-state index in [0.717, 1.165) is 19.3 Å². The molecule has 4 unspecified atom stereocenters. The SMILES string of the molecule is CC1CCCCC1CNC(=O)NC1CCCCC1C(=O)O. The number of carboxylic acids is 1. The fourth-order valence-electron chi connectivity index (χ4n) is 3.74. The summed E-state index contributed by atoms with van der Waals surface area (Å²) in [7, 11) is 0. The lowest BCUT2D eigenvalue weighted by atomic mass is 9.80. The van der Waals surface area contributed by atoms with Crippen LogP contribution in [0.15, 0.2) is 0 Å². The molecule has 0 aromatic carbocycles. The second-order valence-electron chi connectivity index (χ2n) is 6.71. The number of hydrogen-bond acceptors (Lipinski definition) is 2. The van der Waals surface area contributed by atoms with Crippen LogP contribution in [0.1, 0.15) is 58.3 Å². The molecule has 2 rings (SSSR count). The van der Waals surface area contributed by atoms with E-state index in [2.05, 4.69) is 17.6 Å². The number of hydrogen-bond donors (Lipinski definition) is 3. The first-order chi connectivity index (χ1) is 10.1. The third-order valence-corrected chi connectivity index (χ3v) is 5.21. The Morgan fingerprint density at radius 3 is 2.43 bits per heavy atom. The van der Waals surface area contributed by atoms with Crippen molar-refractivity contribution in [2.75, 3.05) is 6.54 Å². The molecule has 4 atom stereocenters. The van der Waals surface area contributed by atoms with E-state index in [1.165, 1.54) is 25.7 Å². The normalized spacial score (nSPS) is 33.2. The molecule has 2 fully saturated rings. The van der Waals surface area contributed by atoms with E-state index < -0.39 is 11.9 Å². The van der Waals surface area contributed by atoms with Gasteiger partial charge in [-0.25, -0.2) is 4.79 Å². The Morgan fingerprint density at radius 2 is 1.71 bits per heavy atom. The molecule has 5 heteroatoms. The van der Waals surface area contributed by atoms with Gasteiger partial charge in [-0.2, -0.15) is 0 Å². The fraction of sp³-hybridized carbons (Fsp3) is 0.875. The predicted octanol–water partition coefficient (Wildman–Crippen LogP) is 2.76. The van der Waals surface area contributed by atoms with Crippen LogP contribution in [0.25, 0.3) is 0 Å². The minimum atomic E-state index is -0.791. The highest BCUT2D eigenvalue weighted by Crippen LogP contribution is 2.29. The van der Waals surface area contributed by atoms with Crippen molar-refractivity contribution in [2.24, 2.45) is 17.8 Å². The quantitative estimate of drug-likeness (QED) is 0.746. The molecular weight excluding hydrogens is 268 g/mol. The molecule has 3 N–H and O–H groups in total. The lowest BCUT2D eigenvalue weighted by molar-refractivity contribution is -0.143. The molecule has 0 aromatic heterocycles. The zero-order valence-electron chi connectivity index (χ0n) is 12.9. The van der Waals surface area contributed by atoms with Crippen molar-refractivity contribution in [3.8, 4) is 0 Å². The molecule has 0 aliphatic heterocycles. The minimum absolute atomic E-state index is 0.203. The molecule has 2 amide bonds. The summed E-state index contributed by atoms with van der Waals surface area (Å²) in [6.45, 7) is 2.96. The Bertz CT molecular complexity index is 373. The van der Waals surface area contributed by atoms with Crippen LogP contribution in [0.5, 0.6) is 0 Å². The van der Waals surface area contributed by atoms with E-state index >= 15 is 0 Å². The summed E-state index contributed by atoms with van der Waals surface area (Å²) in [5.41, 5.74) is 0. The monoisotopic (exact) mass is 296 g/mol. The van der Waals surface area contributed by atoms with Gasteiger partial charge in [0.15, 0.2) is 0 Å². The number of urea groups is 1. The lowest BCUT2D eigenvalue weighted by Crippen LogP contribution is -2.49. The van der Waals surface area contributed by atoms with E-state index in [4.69, 9.17) is 0 Å². The third-order valence-electron chi connectivity index (χ3n) is 5.21. The second-order valence-corrected chi connectivity index (χ2v) is 6.71. The highest BCUT2D eigenvalue weighted by atomic mass is 16.4. The number of nitrogens with one attached hydrogen (secondary N) is 2. The van der Waals surface area contributed by atoms with E-state index in [0.29, 0.717) is 24.8 Å². The molecule has 0 radical (unpaired) electrons. The summed E-state index contributed by atoms with van der Waals surface area (Å²) in [5.74, 6) is 0.00521. The molecule has 0 bridgehead atoms. The summed E-state index contributed by atoms with van der Waals surface area (Å²) < 4.78 is 0. The van der Waals surface area contributed by atoms with Gasteiger partial charge in [-0.15, -0.1) is 0 Å². The number of aliphatic carboxylic acids is 1. The van der Waals surface area contributed by atoms with Crippen molar-refractivity contribution >= 4 is 12.0 Å². The Labute approximate surface area is 126 Å². The van der Waals surface area contributed by atoms with Gasteiger partial charge < -0.3 is 15.7 Å². The number of amides is 2. The third kappa shape index (κ3) is 4.61. The van der Waals surface area contributed by atoms with E-state index in [1.807, 2.05) is 0 Å². The maximum Gasteiger partial charge on any atom is 0.315 e. The average molecular weight is 296 g/mol. The molecular formula is C16H28N2O3. The number of carboxylic acid groups (broad SMARTS) is 1. The van der Waals surface area contributed by atoms with Crippen LogP contribution in [-0.2, 0) is 4.79 Å². The van der Waals surface area contributed by atoms with Crippen molar-refractivity contribution in [1.29, 1.82) is 0 Å². The van der Waals surface area contributed by atoms with Gasteiger partial charge >= 0.3 is 12.0 Å². The van der Waals surface area contributed by atoms with Gasteiger partial charge in [0.1, 0.15) is 0 Å². The van der Waals surface area contributed by atoms with E-state index in [-0.39, 0.29) is 12.1 Å². The molecule has 21 heavy (non-hydrogen) atoms. The maximum atomic E-state index is 12.0. The Hall–Kier alpha value is -1.26. The van der Waals surface area contributed by atoms with Crippen molar-refractivity contribution in [3.05, 3.63) is 0 Å². The summed E-state index contributed by atoms with van der Waals surface area (Å²) in [6.07, 6.45) is 8.35. The van der Waals surface area contributed by atoms with Gasteiger partial charge in [0.25, 0.3) is 0 Å². The first kappa shape index (κ1) is 16.1. The van der Waals surface area contributed by atoms with Gasteiger partial charge in [-0.05, 0) is 31.1 Å². The van der Waals surface area contributed by atoms with Gasteiger partial charge in [-0.3, -0.25) is 4.79 Å². The first-order valence-corrected chi connectivity index (χ1v) is 8.35. The van der Waals surface area contributed by atoms with Gasteiger partial charge in [0, 0.05) is 12.6 Å². The van der Waals surface area contributed by atoms with Crippen molar-refractivity contribution < 1.29 is 14.7 Å². The predicted molar refractivity (Wildman–Crippen MR) is 81.0 cm³/mol. The van der Waals surface area contributed by atoms with Crippen LogP contribution in [0.3, 0.4) is 0 Å². The van der Waals surface area contributed by atoms with Gasteiger partial charge in [0.05, 0.1) is 5.92 Å². The van der Waals surface area contributed by atoms with Crippen molar-refractivity contribution in [1.82, 2.24) is 10.6 Å². The Morgan fingerprint density at radius 1 is 1.05 bits per heavy atom. The molecule has 2 aliphatic carbocycles. The van der Waals surface area contributed by atoms with E-state index in [9.17, 15) is 14.7 Å². The summed E-state index contributed by atoms with van der Waals surface area (Å²) >= 11 is 0. The molecule has 120 valence electrons. The molecule has 0 heterocycles. The topological polar surface area (TPSA) is 78.4 Å². The lowest BCUT2D eigenvalue weighted by Gasteiger charge is -2.31. The molecule has 2 saturated carbocycles. The Kier molecular flexibility index (Phi) is 5.88. The molecule has 0 spiro atoms. The van der Waals surface area contributed by atoms with Gasteiger partial charge in [-0.1, -0.05) is 39.0 Å². The number of carbonyl (C=O) groups excluding carboxylic acids is 1. The Balaban J connectivity index is 1.76. The zero-order chi connectivity index (χ0) is 15.2. The van der Waals surface area contributed by atoms with Crippen molar-refractivity contribution in [3.63, 3.8) is 0 Å². The second kappa shape index (κ2) is 7.66. The molecule has 0 saturated heterocycles. The van der Waals surface area contributed by atoms with Crippen LogP contribution < -0.4 is 10.6 Å². The van der Waals surface area contributed by atoms with Crippen LogP contribution in [0, 0.1) is 17.8 Å².